The Morgan fingerprint density at radius 3 is 3.04 bits per heavy atom. The van der Waals surface area contributed by atoms with Crippen molar-refractivity contribution >= 4 is 23.3 Å². The van der Waals surface area contributed by atoms with E-state index in [-0.39, 0.29) is 24.1 Å². The lowest BCUT2D eigenvalue weighted by molar-refractivity contribution is -0.123. The molecule has 0 radical (unpaired) electrons. The van der Waals surface area contributed by atoms with Crippen LogP contribution in [0.15, 0.2) is 36.5 Å². The van der Waals surface area contributed by atoms with E-state index in [2.05, 4.69) is 15.6 Å². The molecular formula is C17H16FN3O2. The first-order valence-electron chi connectivity index (χ1n) is 7.42. The zero-order valence-electron chi connectivity index (χ0n) is 12.6. The van der Waals surface area contributed by atoms with Crippen molar-refractivity contribution in [1.29, 1.82) is 0 Å². The van der Waals surface area contributed by atoms with Gasteiger partial charge < -0.3 is 10.6 Å². The van der Waals surface area contributed by atoms with Gasteiger partial charge in [-0.3, -0.25) is 9.59 Å². The number of nitrogens with one attached hydrogen (secondary N) is 2. The van der Waals surface area contributed by atoms with Crippen molar-refractivity contribution < 1.29 is 14.0 Å². The van der Waals surface area contributed by atoms with E-state index < -0.39 is 5.92 Å². The van der Waals surface area contributed by atoms with Gasteiger partial charge in [0.05, 0.1) is 5.92 Å². The number of anilines is 2. The topological polar surface area (TPSA) is 71.1 Å². The summed E-state index contributed by atoms with van der Waals surface area (Å²) in [5, 5.41) is 5.42. The van der Waals surface area contributed by atoms with E-state index in [0.29, 0.717) is 29.1 Å². The molecule has 2 heterocycles. The Hall–Kier alpha value is -2.76. The molecule has 2 N–H and O–H groups in total. The fourth-order valence-corrected chi connectivity index (χ4v) is 2.67. The Morgan fingerprint density at radius 2 is 2.26 bits per heavy atom. The molecule has 0 bridgehead atoms. The van der Waals surface area contributed by atoms with Crippen molar-refractivity contribution in [2.75, 3.05) is 10.6 Å². The number of hydrogen-bond acceptors (Lipinski definition) is 3. The van der Waals surface area contributed by atoms with Gasteiger partial charge in [-0.1, -0.05) is 13.0 Å². The second kappa shape index (κ2) is 6.16. The molecule has 0 aliphatic carbocycles. The number of aryl methyl sites for hydroxylation is 1. The van der Waals surface area contributed by atoms with Crippen molar-refractivity contribution in [3.63, 3.8) is 0 Å². The van der Waals surface area contributed by atoms with E-state index in [4.69, 9.17) is 0 Å². The van der Waals surface area contributed by atoms with E-state index in [0.717, 1.165) is 0 Å². The van der Waals surface area contributed by atoms with Crippen LogP contribution in [0.25, 0.3) is 0 Å². The molecule has 0 saturated heterocycles. The normalized spacial score (nSPS) is 16.4. The highest BCUT2D eigenvalue weighted by molar-refractivity contribution is 6.04. The maximum Gasteiger partial charge on any atom is 0.232 e. The van der Waals surface area contributed by atoms with Crippen molar-refractivity contribution in [3.05, 3.63) is 53.5 Å². The van der Waals surface area contributed by atoms with E-state index in [1.807, 2.05) is 6.92 Å². The number of nitrogens with zero attached hydrogens (tertiary/aromatic N) is 1. The van der Waals surface area contributed by atoms with Gasteiger partial charge in [0.1, 0.15) is 11.6 Å². The predicted molar refractivity (Wildman–Crippen MR) is 84.6 cm³/mol. The van der Waals surface area contributed by atoms with E-state index >= 15 is 0 Å². The molecular weight excluding hydrogens is 297 g/mol. The van der Waals surface area contributed by atoms with Gasteiger partial charge in [-0.15, -0.1) is 0 Å². The predicted octanol–water partition coefficient (Wildman–Crippen LogP) is 2.85. The maximum absolute atomic E-state index is 13.5. The zero-order chi connectivity index (χ0) is 16.4. The molecule has 0 fully saturated rings. The Labute approximate surface area is 132 Å². The summed E-state index contributed by atoms with van der Waals surface area (Å²) in [7, 11) is 0. The molecule has 0 saturated carbocycles. The van der Waals surface area contributed by atoms with Crippen LogP contribution in [0.3, 0.4) is 0 Å². The second-order valence-electron chi connectivity index (χ2n) is 5.40. The first kappa shape index (κ1) is 15.1. The van der Waals surface area contributed by atoms with Gasteiger partial charge in [0, 0.05) is 23.9 Å². The maximum atomic E-state index is 13.5. The minimum atomic E-state index is -0.609. The smallest absolute Gasteiger partial charge is 0.232 e. The molecule has 2 amide bonds. The van der Waals surface area contributed by atoms with Gasteiger partial charge in [0.15, 0.2) is 0 Å². The summed E-state index contributed by atoms with van der Waals surface area (Å²) >= 11 is 0. The van der Waals surface area contributed by atoms with Gasteiger partial charge in [0.2, 0.25) is 11.8 Å². The molecule has 1 aromatic carbocycles. The van der Waals surface area contributed by atoms with Gasteiger partial charge in [-0.05, 0) is 36.2 Å². The van der Waals surface area contributed by atoms with Crippen molar-refractivity contribution in [3.8, 4) is 0 Å². The molecule has 118 valence electrons. The van der Waals surface area contributed by atoms with Crippen LogP contribution in [-0.2, 0) is 16.0 Å². The summed E-state index contributed by atoms with van der Waals surface area (Å²) in [6, 6.07) is 7.95. The Balaban J connectivity index is 1.85. The summed E-state index contributed by atoms with van der Waals surface area (Å²) in [6.07, 6.45) is 2.16. The Morgan fingerprint density at radius 1 is 1.43 bits per heavy atom. The van der Waals surface area contributed by atoms with E-state index in [9.17, 15) is 14.0 Å². The summed E-state index contributed by atoms with van der Waals surface area (Å²) in [5.41, 5.74) is 1.73. The van der Waals surface area contributed by atoms with Gasteiger partial charge in [-0.2, -0.15) is 0 Å². The molecule has 5 nitrogen and oxygen atoms in total. The van der Waals surface area contributed by atoms with Gasteiger partial charge in [-0.25, -0.2) is 9.37 Å². The lowest BCUT2D eigenvalue weighted by Gasteiger charge is -2.23. The number of carbonyl (C=O) groups excluding carboxylic acids is 2. The molecule has 23 heavy (non-hydrogen) atoms. The summed E-state index contributed by atoms with van der Waals surface area (Å²) in [5.74, 6) is -1.04. The van der Waals surface area contributed by atoms with Crippen LogP contribution < -0.4 is 10.6 Å². The number of aromatic nitrogens is 1. The zero-order valence-corrected chi connectivity index (χ0v) is 12.6. The third kappa shape index (κ3) is 3.06. The van der Waals surface area contributed by atoms with Crippen LogP contribution in [0.2, 0.25) is 0 Å². The minimum absolute atomic E-state index is 0.0619. The first-order chi connectivity index (χ1) is 11.1. The quantitative estimate of drug-likeness (QED) is 0.915. The van der Waals surface area contributed by atoms with Gasteiger partial charge >= 0.3 is 0 Å². The Kier molecular flexibility index (Phi) is 4.06. The first-order valence-corrected chi connectivity index (χ1v) is 7.42. The number of hydrogen-bond donors (Lipinski definition) is 2. The third-order valence-electron chi connectivity index (χ3n) is 3.87. The minimum Gasteiger partial charge on any atom is -0.326 e. The highest BCUT2D eigenvalue weighted by Gasteiger charge is 2.31. The number of fused-ring (bicyclic) bond motifs is 1. The van der Waals surface area contributed by atoms with Gasteiger partial charge in [0.25, 0.3) is 0 Å². The number of rotatable bonds is 3. The lowest BCUT2D eigenvalue weighted by atomic mass is 9.92. The fourth-order valence-electron chi connectivity index (χ4n) is 2.67. The molecule has 1 unspecified atom stereocenters. The number of pyridine rings is 1. The van der Waals surface area contributed by atoms with Crippen LogP contribution in [0.1, 0.15) is 30.4 Å². The van der Waals surface area contributed by atoms with Crippen molar-refractivity contribution in [2.45, 2.75) is 25.7 Å². The van der Waals surface area contributed by atoms with Crippen molar-refractivity contribution in [1.82, 2.24) is 4.98 Å². The average Bonchev–Trinajstić information content (AvgIpc) is 2.55. The lowest BCUT2D eigenvalue weighted by Crippen LogP contribution is -2.31. The average molecular weight is 313 g/mol. The molecule has 1 aliphatic heterocycles. The fraction of sp³-hybridized carbons (Fsp3) is 0.235. The molecule has 6 heteroatoms. The second-order valence-corrected chi connectivity index (χ2v) is 5.40. The Bertz CT molecular complexity index is 776. The number of benzene rings is 1. The monoisotopic (exact) mass is 313 g/mol. The van der Waals surface area contributed by atoms with E-state index in [1.54, 1.807) is 24.4 Å². The number of amides is 2. The standard InChI is InChI=1S/C17H16FN3O2/c1-2-10-8-11(5-6-14(10)18)20-17(23)13-9-15(22)21-16-12(13)4-3-7-19-16/h3-8,13H,2,9H2,1H3,(H,20,23)(H,19,21,22). The van der Waals surface area contributed by atoms with Crippen molar-refractivity contribution in [2.24, 2.45) is 0 Å². The van der Waals surface area contributed by atoms with Crippen LogP contribution in [0, 0.1) is 5.82 Å². The van der Waals surface area contributed by atoms with E-state index in [1.165, 1.54) is 12.1 Å². The van der Waals surface area contributed by atoms with Crippen LogP contribution in [0.5, 0.6) is 0 Å². The molecule has 3 rings (SSSR count). The molecule has 2 aromatic rings. The van der Waals surface area contributed by atoms with Crippen LogP contribution in [-0.4, -0.2) is 16.8 Å². The molecule has 1 aliphatic rings. The molecule has 0 spiro atoms. The highest BCUT2D eigenvalue weighted by Crippen LogP contribution is 2.31. The SMILES string of the molecule is CCc1cc(NC(=O)C2CC(=O)Nc3ncccc32)ccc1F. The van der Waals surface area contributed by atoms with Crippen LogP contribution in [0.4, 0.5) is 15.9 Å². The van der Waals surface area contributed by atoms with Crippen LogP contribution >= 0.6 is 0 Å². The largest absolute Gasteiger partial charge is 0.326 e. The molecule has 1 atom stereocenters. The third-order valence-corrected chi connectivity index (χ3v) is 3.87. The number of carbonyl (C=O) groups is 2. The highest BCUT2D eigenvalue weighted by atomic mass is 19.1. The summed E-state index contributed by atoms with van der Waals surface area (Å²) < 4.78 is 13.5. The summed E-state index contributed by atoms with van der Waals surface area (Å²) in [6.45, 7) is 1.84. The molecule has 1 aromatic heterocycles. The summed E-state index contributed by atoms with van der Waals surface area (Å²) in [4.78, 5) is 28.4. The number of halogens is 1.